The van der Waals surface area contributed by atoms with E-state index in [1.165, 1.54) is 67.8 Å². The van der Waals surface area contributed by atoms with Crippen molar-refractivity contribution in [2.75, 3.05) is 7.11 Å². The van der Waals surface area contributed by atoms with Gasteiger partial charge in [0.15, 0.2) is 11.5 Å². The van der Waals surface area contributed by atoms with Crippen LogP contribution in [0.2, 0.25) is 5.02 Å². The number of nitro groups is 1. The second-order valence-electron chi connectivity index (χ2n) is 7.58. The highest BCUT2D eigenvalue weighted by Gasteiger charge is 2.36. The zero-order chi connectivity index (χ0) is 26.7. The Kier molecular flexibility index (Phi) is 7.55. The van der Waals surface area contributed by atoms with Crippen molar-refractivity contribution >= 4 is 52.2 Å². The number of halogens is 2. The lowest BCUT2D eigenvalue weighted by atomic mass is 10.1. The molecule has 1 aliphatic rings. The average molecular weight is 543 g/mol. The van der Waals surface area contributed by atoms with Crippen molar-refractivity contribution in [2.24, 2.45) is 0 Å². The summed E-state index contributed by atoms with van der Waals surface area (Å²) in [7, 11) is 1.34. The number of thioether (sulfide) groups is 1. The van der Waals surface area contributed by atoms with Crippen molar-refractivity contribution in [3.8, 4) is 11.5 Å². The normalized spacial score (nSPS) is 14.2. The molecule has 1 fully saturated rings. The van der Waals surface area contributed by atoms with Gasteiger partial charge in [0, 0.05) is 22.7 Å². The summed E-state index contributed by atoms with van der Waals surface area (Å²) >= 11 is 6.71. The van der Waals surface area contributed by atoms with E-state index in [4.69, 9.17) is 21.1 Å². The Balaban J connectivity index is 1.53. The van der Waals surface area contributed by atoms with E-state index in [9.17, 15) is 28.9 Å². The quantitative estimate of drug-likeness (QED) is 0.120. The lowest BCUT2D eigenvalue weighted by Gasteiger charge is -2.14. The fourth-order valence-corrected chi connectivity index (χ4v) is 4.45. The van der Waals surface area contributed by atoms with Gasteiger partial charge < -0.3 is 9.47 Å². The molecule has 0 aliphatic carbocycles. The minimum absolute atomic E-state index is 0.0241. The third kappa shape index (κ3) is 5.63. The molecule has 0 bridgehead atoms. The highest BCUT2D eigenvalue weighted by atomic mass is 35.5. The molecular weight excluding hydrogens is 527 g/mol. The van der Waals surface area contributed by atoms with Crippen LogP contribution in [0.5, 0.6) is 11.5 Å². The van der Waals surface area contributed by atoms with Crippen LogP contribution < -0.4 is 9.47 Å². The molecule has 188 valence electrons. The van der Waals surface area contributed by atoms with E-state index in [1.807, 2.05) is 0 Å². The molecule has 0 radical (unpaired) electrons. The molecule has 0 N–H and O–H groups in total. The highest BCUT2D eigenvalue weighted by molar-refractivity contribution is 8.18. The maximum atomic E-state index is 14.1. The number of imide groups is 1. The van der Waals surface area contributed by atoms with Crippen LogP contribution in [0.1, 0.15) is 21.5 Å². The molecule has 0 spiro atoms. The summed E-state index contributed by atoms with van der Waals surface area (Å²) in [6.07, 6.45) is 1.45. The first-order valence-corrected chi connectivity index (χ1v) is 11.7. The summed E-state index contributed by atoms with van der Waals surface area (Å²) in [5.74, 6) is -1.89. The number of carbonyl (C=O) groups excluding carboxylic acids is 3. The van der Waals surface area contributed by atoms with E-state index in [2.05, 4.69) is 0 Å². The fraction of sp³-hybridized carbons (Fsp3) is 0.0800. The number of rotatable bonds is 7. The zero-order valence-electron chi connectivity index (χ0n) is 19.0. The number of amides is 2. The summed E-state index contributed by atoms with van der Waals surface area (Å²) in [6, 6.07) is 13.6. The van der Waals surface area contributed by atoms with Gasteiger partial charge in [0.05, 0.1) is 29.0 Å². The number of nitrogens with zero attached hydrogens (tertiary/aromatic N) is 2. The maximum absolute atomic E-state index is 14.1. The van der Waals surface area contributed by atoms with Crippen LogP contribution in [0.4, 0.5) is 14.9 Å². The number of carbonyl (C=O) groups is 3. The first-order chi connectivity index (χ1) is 17.7. The molecule has 0 atom stereocenters. The maximum Gasteiger partial charge on any atom is 0.343 e. The molecular formula is C25H16ClFN2O7S. The van der Waals surface area contributed by atoms with E-state index in [-0.39, 0.29) is 44.8 Å². The Morgan fingerprint density at radius 3 is 2.59 bits per heavy atom. The minimum atomic E-state index is -0.831. The zero-order valence-corrected chi connectivity index (χ0v) is 20.5. The molecule has 2 amide bonds. The number of hydrogen-bond acceptors (Lipinski definition) is 8. The molecule has 0 aromatic heterocycles. The predicted molar refractivity (Wildman–Crippen MR) is 134 cm³/mol. The molecule has 9 nitrogen and oxygen atoms in total. The number of benzene rings is 3. The van der Waals surface area contributed by atoms with Crippen LogP contribution >= 0.6 is 23.4 Å². The number of methoxy groups -OCH3 is 1. The van der Waals surface area contributed by atoms with Crippen LogP contribution in [0.25, 0.3) is 6.08 Å². The van der Waals surface area contributed by atoms with E-state index >= 15 is 0 Å². The van der Waals surface area contributed by atoms with Gasteiger partial charge in [-0.05, 0) is 53.7 Å². The molecule has 1 aliphatic heterocycles. The van der Waals surface area contributed by atoms with Gasteiger partial charge in [-0.1, -0.05) is 29.8 Å². The minimum Gasteiger partial charge on any atom is -0.493 e. The number of nitro benzene ring substituents is 1. The average Bonchev–Trinajstić information content (AvgIpc) is 3.14. The molecule has 0 unspecified atom stereocenters. The van der Waals surface area contributed by atoms with Crippen molar-refractivity contribution in [1.29, 1.82) is 0 Å². The van der Waals surface area contributed by atoms with Gasteiger partial charge in [-0.25, -0.2) is 9.18 Å². The lowest BCUT2D eigenvalue weighted by molar-refractivity contribution is -0.384. The number of non-ortho nitro benzene ring substituents is 1. The van der Waals surface area contributed by atoms with Crippen LogP contribution in [0.15, 0.2) is 65.6 Å². The van der Waals surface area contributed by atoms with Crippen LogP contribution in [-0.2, 0) is 11.3 Å². The molecule has 4 rings (SSSR count). The third-order valence-corrected chi connectivity index (χ3v) is 6.49. The lowest BCUT2D eigenvalue weighted by Crippen LogP contribution is -2.28. The summed E-state index contributed by atoms with van der Waals surface area (Å²) in [6.45, 7) is -0.316. The van der Waals surface area contributed by atoms with E-state index in [0.717, 1.165) is 11.0 Å². The summed E-state index contributed by atoms with van der Waals surface area (Å²) in [5.41, 5.74) is 0.206. The van der Waals surface area contributed by atoms with Crippen LogP contribution in [0.3, 0.4) is 0 Å². The molecule has 0 saturated carbocycles. The molecule has 3 aromatic rings. The molecule has 1 heterocycles. The summed E-state index contributed by atoms with van der Waals surface area (Å²) in [5, 5.41) is 10.5. The van der Waals surface area contributed by atoms with Gasteiger partial charge in [0.25, 0.3) is 16.8 Å². The Bertz CT molecular complexity index is 1460. The SMILES string of the molecule is COc1cc(/C=C2\SC(=O)N(Cc3c(F)cccc3Cl)C2=O)ccc1OC(=O)c1cccc([N+](=O)[O-])c1. The summed E-state index contributed by atoms with van der Waals surface area (Å²) < 4.78 is 24.8. The Morgan fingerprint density at radius 2 is 1.89 bits per heavy atom. The van der Waals surface area contributed by atoms with Gasteiger partial charge >= 0.3 is 5.97 Å². The number of hydrogen-bond donors (Lipinski definition) is 0. The van der Waals surface area contributed by atoms with Gasteiger partial charge in [0.1, 0.15) is 5.82 Å². The van der Waals surface area contributed by atoms with Crippen molar-refractivity contribution in [2.45, 2.75) is 6.54 Å². The molecule has 37 heavy (non-hydrogen) atoms. The molecule has 12 heteroatoms. The van der Waals surface area contributed by atoms with Crippen LogP contribution in [-0.4, -0.2) is 34.0 Å². The largest absolute Gasteiger partial charge is 0.493 e. The smallest absolute Gasteiger partial charge is 0.343 e. The van der Waals surface area contributed by atoms with Gasteiger partial charge in [-0.2, -0.15) is 0 Å². The monoisotopic (exact) mass is 542 g/mol. The Labute approximate surface area is 218 Å². The Morgan fingerprint density at radius 1 is 1.14 bits per heavy atom. The second kappa shape index (κ2) is 10.8. The first-order valence-electron chi connectivity index (χ1n) is 10.5. The topological polar surface area (TPSA) is 116 Å². The third-order valence-electron chi connectivity index (χ3n) is 5.23. The van der Waals surface area contributed by atoms with E-state index in [1.54, 1.807) is 0 Å². The fourth-order valence-electron chi connectivity index (χ4n) is 3.39. The van der Waals surface area contributed by atoms with Gasteiger partial charge in [-0.3, -0.25) is 24.6 Å². The molecule has 1 saturated heterocycles. The van der Waals surface area contributed by atoms with E-state index in [0.29, 0.717) is 17.3 Å². The van der Waals surface area contributed by atoms with Crippen LogP contribution in [0, 0.1) is 15.9 Å². The van der Waals surface area contributed by atoms with Crippen molar-refractivity contribution in [3.63, 3.8) is 0 Å². The predicted octanol–water partition coefficient (Wildman–Crippen LogP) is 5.85. The Hall–Kier alpha value is -4.22. The number of ether oxygens (including phenoxy) is 2. The van der Waals surface area contributed by atoms with Gasteiger partial charge in [-0.15, -0.1) is 0 Å². The van der Waals surface area contributed by atoms with Gasteiger partial charge in [0.2, 0.25) is 0 Å². The molecule has 3 aromatic carbocycles. The van der Waals surface area contributed by atoms with Crippen molar-refractivity contribution < 1.29 is 33.2 Å². The highest BCUT2D eigenvalue weighted by Crippen LogP contribution is 2.36. The second-order valence-corrected chi connectivity index (χ2v) is 8.98. The van der Waals surface area contributed by atoms with E-state index < -0.39 is 27.9 Å². The summed E-state index contributed by atoms with van der Waals surface area (Å²) in [4.78, 5) is 49.1. The number of esters is 1. The standard InChI is InChI=1S/C25H16ClFN2O7S/c1-35-21-10-14(8-9-20(21)36-24(31)15-4-2-5-16(12-15)29(33)34)11-22-23(30)28(25(32)37-22)13-17-18(26)6-3-7-19(17)27/h2-12H,13H2,1H3/b22-11-. The first kappa shape index (κ1) is 25.9. The van der Waals surface area contributed by atoms with Crippen molar-refractivity contribution in [1.82, 2.24) is 4.90 Å². The van der Waals surface area contributed by atoms with Crippen molar-refractivity contribution in [3.05, 3.63) is 103 Å².